The molecule has 0 unspecified atom stereocenters. The van der Waals surface area contributed by atoms with Crippen molar-refractivity contribution in [2.24, 2.45) is 9.98 Å². The van der Waals surface area contributed by atoms with Crippen LogP contribution in [0.3, 0.4) is 0 Å². The lowest BCUT2D eigenvalue weighted by molar-refractivity contribution is 1.33. The number of para-hydroxylation sites is 1. The SMILES string of the molecule is c1ccc(-c2cc3c(c(-c4cccc5c6ccccc6c6ccccc6c45)c2-c2ccccn2)-c2c4c(ccc2=N3)=c2ccccc2=N4)cc1. The minimum atomic E-state index is 0.924. The summed E-state index contributed by atoms with van der Waals surface area (Å²) in [7, 11) is 0. The minimum Gasteiger partial charge on any atom is -0.256 e. The molecule has 0 saturated carbocycles. The molecule has 0 saturated heterocycles. The molecule has 0 N–H and O–H groups in total. The highest BCUT2D eigenvalue weighted by atomic mass is 14.8. The Hall–Kier alpha value is -6.71. The highest BCUT2D eigenvalue weighted by Crippen LogP contribution is 2.54. The van der Waals surface area contributed by atoms with Crippen LogP contribution in [0, 0.1) is 10.4 Å². The molecule has 230 valence electrons. The largest absolute Gasteiger partial charge is 0.256 e. The van der Waals surface area contributed by atoms with Gasteiger partial charge in [0.15, 0.2) is 0 Å². The van der Waals surface area contributed by atoms with Gasteiger partial charge in [-0.25, -0.2) is 9.98 Å². The smallest absolute Gasteiger partial charge is 0.0817 e. The first-order valence-electron chi connectivity index (χ1n) is 17.0. The van der Waals surface area contributed by atoms with Gasteiger partial charge in [0.05, 0.1) is 27.8 Å². The van der Waals surface area contributed by atoms with Crippen molar-refractivity contribution < 1.29 is 0 Å². The van der Waals surface area contributed by atoms with Crippen molar-refractivity contribution in [1.82, 2.24) is 4.98 Å². The summed E-state index contributed by atoms with van der Waals surface area (Å²) in [5.74, 6) is 0. The molecule has 3 heterocycles. The van der Waals surface area contributed by atoms with Crippen LogP contribution in [0.1, 0.15) is 0 Å². The Kier molecular flexibility index (Phi) is 5.67. The fraction of sp³-hybridized carbons (Fsp3) is 0. The average Bonchev–Trinajstić information content (AvgIpc) is 3.76. The van der Waals surface area contributed by atoms with E-state index in [1.807, 2.05) is 12.3 Å². The Balaban J connectivity index is 1.39. The van der Waals surface area contributed by atoms with Crippen molar-refractivity contribution in [1.29, 1.82) is 0 Å². The first-order chi connectivity index (χ1) is 24.8. The van der Waals surface area contributed by atoms with E-state index in [0.29, 0.717) is 0 Å². The van der Waals surface area contributed by atoms with Gasteiger partial charge in [-0.3, -0.25) is 4.98 Å². The van der Waals surface area contributed by atoms with Crippen molar-refractivity contribution in [3.8, 4) is 44.6 Å². The molecule has 9 aromatic rings. The van der Waals surface area contributed by atoms with Gasteiger partial charge in [0.1, 0.15) is 0 Å². The first kappa shape index (κ1) is 27.3. The van der Waals surface area contributed by atoms with Crippen LogP contribution in [-0.4, -0.2) is 4.98 Å². The van der Waals surface area contributed by atoms with Gasteiger partial charge >= 0.3 is 0 Å². The van der Waals surface area contributed by atoms with E-state index >= 15 is 0 Å². The molecule has 3 nitrogen and oxygen atoms in total. The first-order valence-corrected chi connectivity index (χ1v) is 17.0. The number of pyridine rings is 1. The van der Waals surface area contributed by atoms with Crippen LogP contribution >= 0.6 is 0 Å². The number of nitrogens with zero attached hydrogens (tertiary/aromatic N) is 3. The molecule has 0 aliphatic carbocycles. The summed E-state index contributed by atoms with van der Waals surface area (Å²) in [6, 6.07) is 56.4. The lowest BCUT2D eigenvalue weighted by Crippen LogP contribution is -2.02. The number of fused-ring (bicyclic) bond motifs is 12. The number of hydrogen-bond donors (Lipinski definition) is 0. The molecule has 2 aliphatic rings. The minimum absolute atomic E-state index is 0.924. The number of rotatable bonds is 3. The van der Waals surface area contributed by atoms with Crippen LogP contribution in [0.2, 0.25) is 0 Å². The van der Waals surface area contributed by atoms with Crippen LogP contribution < -0.4 is 10.7 Å². The second-order valence-corrected chi connectivity index (χ2v) is 13.1. The Morgan fingerprint density at radius 1 is 0.380 bits per heavy atom. The standard InChI is InChI=1S/C47H27N3/c1-2-13-28(14-3-1)37-27-41-45(46-40(49-41)25-24-35-32-18-8-9-22-38(32)50-47(35)46)44(43(37)39-23-10-11-26-48-39)36-21-12-20-34-31-16-5-4-15-29(31)30-17-6-7-19-33(30)42(34)36/h1-27H. The zero-order chi connectivity index (χ0) is 32.8. The summed E-state index contributed by atoms with van der Waals surface area (Å²) in [5.41, 5.74) is 10.7. The second-order valence-electron chi connectivity index (χ2n) is 13.1. The third-order valence-electron chi connectivity index (χ3n) is 10.4. The molecule has 3 heteroatoms. The Labute approximate surface area is 287 Å². The molecule has 0 bridgehead atoms. The molecule has 0 atom stereocenters. The van der Waals surface area contributed by atoms with E-state index in [9.17, 15) is 0 Å². The van der Waals surface area contributed by atoms with Gasteiger partial charge in [0.2, 0.25) is 0 Å². The Morgan fingerprint density at radius 2 is 1.06 bits per heavy atom. The molecule has 0 fully saturated rings. The molecule has 0 amide bonds. The maximum absolute atomic E-state index is 5.37. The highest BCUT2D eigenvalue weighted by molar-refractivity contribution is 6.29. The van der Waals surface area contributed by atoms with Gasteiger partial charge in [-0.1, -0.05) is 121 Å². The molecule has 8 aromatic carbocycles. The number of benzene rings is 8. The summed E-state index contributed by atoms with van der Waals surface area (Å²) in [6.45, 7) is 0. The van der Waals surface area contributed by atoms with Gasteiger partial charge in [-0.15, -0.1) is 0 Å². The predicted octanol–water partition coefficient (Wildman–Crippen LogP) is 11.0. The van der Waals surface area contributed by atoms with Crippen LogP contribution in [-0.2, 0) is 0 Å². The fourth-order valence-electron chi connectivity index (χ4n) is 8.37. The van der Waals surface area contributed by atoms with E-state index < -0.39 is 0 Å². The van der Waals surface area contributed by atoms with E-state index in [2.05, 4.69) is 152 Å². The summed E-state index contributed by atoms with van der Waals surface area (Å²) in [6.07, 6.45) is 1.90. The molecular weight excluding hydrogens is 607 g/mol. The van der Waals surface area contributed by atoms with E-state index in [4.69, 9.17) is 15.0 Å². The highest BCUT2D eigenvalue weighted by Gasteiger charge is 2.30. The summed E-state index contributed by atoms with van der Waals surface area (Å²) in [4.78, 5) is 15.7. The lowest BCUT2D eigenvalue weighted by atomic mass is 9.81. The Bertz CT molecular complexity index is 3090. The molecule has 0 radical (unpaired) electrons. The summed E-state index contributed by atoms with van der Waals surface area (Å²) < 4.78 is 0. The molecular formula is C47H27N3. The molecule has 1 aromatic heterocycles. The third kappa shape index (κ3) is 3.77. The van der Waals surface area contributed by atoms with Crippen molar-refractivity contribution in [2.45, 2.75) is 0 Å². The zero-order valence-corrected chi connectivity index (χ0v) is 26.9. The average molecular weight is 634 g/mol. The van der Waals surface area contributed by atoms with Crippen LogP contribution in [0.4, 0.5) is 11.4 Å². The van der Waals surface area contributed by atoms with Gasteiger partial charge in [0.25, 0.3) is 0 Å². The second kappa shape index (κ2) is 10.4. The third-order valence-corrected chi connectivity index (χ3v) is 10.4. The van der Waals surface area contributed by atoms with Gasteiger partial charge in [-0.2, -0.15) is 0 Å². The predicted molar refractivity (Wildman–Crippen MR) is 204 cm³/mol. The summed E-state index contributed by atoms with van der Waals surface area (Å²) >= 11 is 0. The van der Waals surface area contributed by atoms with Crippen molar-refractivity contribution in [3.63, 3.8) is 0 Å². The lowest BCUT2D eigenvalue weighted by Gasteiger charge is -2.22. The molecule has 2 aliphatic heterocycles. The molecule has 0 spiro atoms. The number of aromatic nitrogens is 1. The van der Waals surface area contributed by atoms with Crippen LogP contribution in [0.25, 0.3) is 77.0 Å². The van der Waals surface area contributed by atoms with Gasteiger partial charge in [-0.05, 0) is 85.4 Å². The van der Waals surface area contributed by atoms with Crippen LogP contribution in [0.15, 0.2) is 174 Å². The quantitative estimate of drug-likeness (QED) is 0.178. The van der Waals surface area contributed by atoms with E-state index in [1.165, 1.54) is 32.3 Å². The van der Waals surface area contributed by atoms with Crippen molar-refractivity contribution in [3.05, 3.63) is 185 Å². The van der Waals surface area contributed by atoms with Gasteiger partial charge in [0, 0.05) is 38.9 Å². The van der Waals surface area contributed by atoms with E-state index in [-0.39, 0.29) is 0 Å². The maximum atomic E-state index is 5.37. The van der Waals surface area contributed by atoms with Crippen molar-refractivity contribution >= 4 is 43.7 Å². The fourth-order valence-corrected chi connectivity index (χ4v) is 8.37. The normalized spacial score (nSPS) is 12.3. The van der Waals surface area contributed by atoms with Crippen LogP contribution in [0.5, 0.6) is 0 Å². The van der Waals surface area contributed by atoms with E-state index in [0.717, 1.165) is 77.2 Å². The monoisotopic (exact) mass is 633 g/mol. The van der Waals surface area contributed by atoms with Gasteiger partial charge < -0.3 is 0 Å². The molecule has 50 heavy (non-hydrogen) atoms. The zero-order valence-electron chi connectivity index (χ0n) is 26.9. The Morgan fingerprint density at radius 3 is 1.84 bits per heavy atom. The van der Waals surface area contributed by atoms with E-state index in [1.54, 1.807) is 0 Å². The topological polar surface area (TPSA) is 37.6 Å². The summed E-state index contributed by atoms with van der Waals surface area (Å²) in [5, 5.41) is 11.7. The maximum Gasteiger partial charge on any atom is 0.0817 e. The number of hydrogen-bond acceptors (Lipinski definition) is 3. The molecule has 11 rings (SSSR count). The van der Waals surface area contributed by atoms with Crippen molar-refractivity contribution in [2.75, 3.05) is 0 Å².